The first kappa shape index (κ1) is 23.1. The molecule has 0 fully saturated rings. The zero-order chi connectivity index (χ0) is 24.7. The molecule has 0 aromatic heterocycles. The van der Waals surface area contributed by atoms with Gasteiger partial charge in [-0.1, -0.05) is 90.1 Å². The highest BCUT2D eigenvalue weighted by Gasteiger charge is 2.36. The smallest absolute Gasteiger partial charge is 0.0159 e. The van der Waals surface area contributed by atoms with Gasteiger partial charge in [0, 0.05) is 5.41 Å². The van der Waals surface area contributed by atoms with Crippen molar-refractivity contribution in [2.75, 3.05) is 0 Å². The van der Waals surface area contributed by atoms with Crippen molar-refractivity contribution in [3.63, 3.8) is 0 Å². The zero-order valence-electron chi connectivity index (χ0n) is 21.7. The van der Waals surface area contributed by atoms with Crippen LogP contribution in [0.2, 0.25) is 0 Å². The molecule has 0 saturated heterocycles. The Hall–Kier alpha value is -3.64. The van der Waals surface area contributed by atoms with Crippen LogP contribution in [0.25, 0.3) is 54.2 Å². The normalized spacial score (nSPS) is 13.1. The first-order valence-corrected chi connectivity index (χ1v) is 13.0. The number of hydrogen-bond acceptors (Lipinski definition) is 0. The molecule has 0 N–H and O–H groups in total. The summed E-state index contributed by atoms with van der Waals surface area (Å²) in [6, 6.07) is 36.4. The molecule has 0 spiro atoms. The van der Waals surface area contributed by atoms with E-state index in [0.29, 0.717) is 0 Å². The first-order valence-electron chi connectivity index (χ1n) is 13.0. The third kappa shape index (κ3) is 3.60. The fraction of sp³-hybridized carbons (Fsp3) is 0.200. The standard InChI is InChI=1S/C31H22.2C2H6/c1-31(2)29-17-25-13-21-9-5-3-7-19(21)11-23(25)15-27(29)28-16-24-12-20-8-4-6-10-22(20)14-26(24)18-30(28)31;2*1-2/h3-18H,1-2H3;2*1-2H3. The van der Waals surface area contributed by atoms with E-state index in [0.717, 1.165) is 0 Å². The Bertz CT molecular complexity index is 1570. The Morgan fingerprint density at radius 1 is 0.371 bits per heavy atom. The summed E-state index contributed by atoms with van der Waals surface area (Å²) in [5.74, 6) is 0. The first-order chi connectivity index (χ1) is 17.1. The molecule has 7 rings (SSSR count). The Kier molecular flexibility index (Phi) is 5.85. The maximum Gasteiger partial charge on any atom is 0.0159 e. The molecular weight excluding hydrogens is 420 g/mol. The van der Waals surface area contributed by atoms with Gasteiger partial charge >= 0.3 is 0 Å². The van der Waals surface area contributed by atoms with E-state index in [1.807, 2.05) is 27.7 Å². The molecule has 1 aliphatic rings. The summed E-state index contributed by atoms with van der Waals surface area (Å²) in [5.41, 5.74) is 5.63. The van der Waals surface area contributed by atoms with Crippen molar-refractivity contribution in [1.29, 1.82) is 0 Å². The Morgan fingerprint density at radius 2 is 0.657 bits per heavy atom. The summed E-state index contributed by atoms with van der Waals surface area (Å²) in [4.78, 5) is 0. The van der Waals surface area contributed by atoms with Crippen LogP contribution in [0.1, 0.15) is 52.7 Å². The lowest BCUT2D eigenvalue weighted by atomic mass is 9.81. The molecule has 6 aromatic carbocycles. The second-order valence-electron chi connectivity index (χ2n) is 9.51. The highest BCUT2D eigenvalue weighted by atomic mass is 14.4. The van der Waals surface area contributed by atoms with E-state index in [4.69, 9.17) is 0 Å². The number of fused-ring (bicyclic) bond motifs is 7. The second-order valence-corrected chi connectivity index (χ2v) is 9.51. The molecule has 0 nitrogen and oxygen atoms in total. The molecule has 6 aromatic rings. The van der Waals surface area contributed by atoms with Gasteiger partial charge in [0.25, 0.3) is 0 Å². The van der Waals surface area contributed by atoms with Crippen molar-refractivity contribution in [2.45, 2.75) is 47.0 Å². The van der Waals surface area contributed by atoms with Crippen LogP contribution in [0.4, 0.5) is 0 Å². The van der Waals surface area contributed by atoms with Gasteiger partial charge in [0.05, 0.1) is 0 Å². The van der Waals surface area contributed by atoms with Crippen LogP contribution in [0, 0.1) is 0 Å². The van der Waals surface area contributed by atoms with Gasteiger partial charge < -0.3 is 0 Å². The topological polar surface area (TPSA) is 0 Å². The molecule has 0 atom stereocenters. The van der Waals surface area contributed by atoms with Crippen LogP contribution >= 0.6 is 0 Å². The molecule has 0 bridgehead atoms. The van der Waals surface area contributed by atoms with Gasteiger partial charge in [-0.25, -0.2) is 0 Å². The van der Waals surface area contributed by atoms with Gasteiger partial charge in [-0.05, 0) is 114 Å². The lowest BCUT2D eigenvalue weighted by Crippen LogP contribution is -2.14. The van der Waals surface area contributed by atoms with Gasteiger partial charge in [-0.2, -0.15) is 0 Å². The minimum absolute atomic E-state index is 0.00959. The predicted molar refractivity (Wildman–Crippen MR) is 157 cm³/mol. The second kappa shape index (κ2) is 8.86. The monoisotopic (exact) mass is 454 g/mol. The Labute approximate surface area is 209 Å². The molecule has 0 amide bonds. The van der Waals surface area contributed by atoms with Crippen molar-refractivity contribution in [3.8, 4) is 11.1 Å². The number of hydrogen-bond donors (Lipinski definition) is 0. The average Bonchev–Trinajstić information content (AvgIpc) is 3.11. The highest BCUT2D eigenvalue weighted by molar-refractivity contribution is 6.05. The van der Waals surface area contributed by atoms with E-state index in [1.54, 1.807) is 0 Å². The van der Waals surface area contributed by atoms with E-state index >= 15 is 0 Å². The largest absolute Gasteiger partial charge is 0.0683 e. The molecule has 1 aliphatic carbocycles. The van der Waals surface area contributed by atoms with Crippen molar-refractivity contribution >= 4 is 43.1 Å². The summed E-state index contributed by atoms with van der Waals surface area (Å²) in [6.45, 7) is 12.7. The SMILES string of the molecule is CC.CC.CC1(C)c2cc3cc4ccccc4cc3cc2-c2cc3cc4ccccc4cc3cc21. The van der Waals surface area contributed by atoms with Gasteiger partial charge in [0.1, 0.15) is 0 Å². The summed E-state index contributed by atoms with van der Waals surface area (Å²) in [6.07, 6.45) is 0. The highest BCUT2D eigenvalue weighted by Crippen LogP contribution is 2.51. The molecule has 0 saturated carbocycles. The van der Waals surface area contributed by atoms with Crippen LogP contribution in [0.5, 0.6) is 0 Å². The van der Waals surface area contributed by atoms with Gasteiger partial charge in [-0.15, -0.1) is 0 Å². The van der Waals surface area contributed by atoms with Crippen LogP contribution in [-0.4, -0.2) is 0 Å². The lowest BCUT2D eigenvalue weighted by Gasteiger charge is -2.22. The van der Waals surface area contributed by atoms with Crippen molar-refractivity contribution < 1.29 is 0 Å². The summed E-state index contributed by atoms with van der Waals surface area (Å²) in [7, 11) is 0. The van der Waals surface area contributed by atoms with Gasteiger partial charge in [0.15, 0.2) is 0 Å². The minimum Gasteiger partial charge on any atom is -0.0683 e. The average molecular weight is 455 g/mol. The maximum atomic E-state index is 2.43. The summed E-state index contributed by atoms with van der Waals surface area (Å²) < 4.78 is 0. The van der Waals surface area contributed by atoms with Gasteiger partial charge in [0.2, 0.25) is 0 Å². The molecule has 174 valence electrons. The summed E-state index contributed by atoms with van der Waals surface area (Å²) in [5, 5.41) is 10.5. The maximum absolute atomic E-state index is 2.43. The van der Waals surface area contributed by atoms with Crippen LogP contribution in [-0.2, 0) is 5.41 Å². The van der Waals surface area contributed by atoms with Crippen molar-refractivity contribution in [3.05, 3.63) is 108 Å². The fourth-order valence-electron chi connectivity index (χ4n) is 5.61. The summed E-state index contributed by atoms with van der Waals surface area (Å²) >= 11 is 0. The minimum atomic E-state index is -0.00959. The Morgan fingerprint density at radius 3 is 0.971 bits per heavy atom. The molecule has 0 heterocycles. The van der Waals surface area contributed by atoms with Crippen LogP contribution in [0.3, 0.4) is 0 Å². The molecule has 0 unspecified atom stereocenters. The zero-order valence-corrected chi connectivity index (χ0v) is 21.7. The predicted octanol–water partition coefficient (Wildman–Crippen LogP) is 10.7. The molecular formula is C35H34. The number of benzene rings is 6. The van der Waals surface area contributed by atoms with E-state index < -0.39 is 0 Å². The van der Waals surface area contributed by atoms with E-state index in [2.05, 4.69) is 111 Å². The molecule has 0 heteroatoms. The molecule has 0 radical (unpaired) electrons. The third-order valence-corrected chi connectivity index (χ3v) is 7.32. The van der Waals surface area contributed by atoms with Crippen LogP contribution < -0.4 is 0 Å². The molecule has 0 aliphatic heterocycles. The number of rotatable bonds is 0. The van der Waals surface area contributed by atoms with Crippen LogP contribution in [0.15, 0.2) is 97.1 Å². The van der Waals surface area contributed by atoms with E-state index in [1.165, 1.54) is 65.3 Å². The third-order valence-electron chi connectivity index (χ3n) is 7.32. The lowest BCUT2D eigenvalue weighted by molar-refractivity contribution is 0.662. The van der Waals surface area contributed by atoms with E-state index in [9.17, 15) is 0 Å². The fourth-order valence-corrected chi connectivity index (χ4v) is 5.61. The Balaban J connectivity index is 0.000000605. The van der Waals surface area contributed by atoms with Crippen molar-refractivity contribution in [2.24, 2.45) is 0 Å². The van der Waals surface area contributed by atoms with Crippen molar-refractivity contribution in [1.82, 2.24) is 0 Å². The van der Waals surface area contributed by atoms with Gasteiger partial charge in [-0.3, -0.25) is 0 Å². The quantitative estimate of drug-likeness (QED) is 0.200. The molecule has 35 heavy (non-hydrogen) atoms. The van der Waals surface area contributed by atoms with E-state index in [-0.39, 0.29) is 5.41 Å².